The van der Waals surface area contributed by atoms with Gasteiger partial charge in [-0.3, -0.25) is 4.98 Å². The van der Waals surface area contributed by atoms with Crippen molar-refractivity contribution in [2.24, 2.45) is 0 Å². The number of benzene rings is 1. The Morgan fingerprint density at radius 2 is 2.05 bits per heavy atom. The van der Waals surface area contributed by atoms with E-state index >= 15 is 0 Å². The summed E-state index contributed by atoms with van der Waals surface area (Å²) in [5.74, 6) is 0.685. The molecule has 0 fully saturated rings. The summed E-state index contributed by atoms with van der Waals surface area (Å²) in [6.07, 6.45) is 2.66. The standard InChI is InChI=1S/C16H19NO2/c1-4-19-14-8-13(9-17-10-14)16(18)15-7-5-6-11(2)12(15)3/h5-10,16,18H,4H2,1-3H3. The van der Waals surface area contributed by atoms with Crippen molar-refractivity contribution < 1.29 is 9.84 Å². The van der Waals surface area contributed by atoms with Crippen LogP contribution in [0.15, 0.2) is 36.7 Å². The highest BCUT2D eigenvalue weighted by atomic mass is 16.5. The molecule has 1 atom stereocenters. The number of aliphatic hydroxyl groups excluding tert-OH is 1. The Bertz CT molecular complexity index is 566. The minimum Gasteiger partial charge on any atom is -0.492 e. The zero-order valence-electron chi connectivity index (χ0n) is 11.6. The van der Waals surface area contributed by atoms with Crippen molar-refractivity contribution in [2.45, 2.75) is 26.9 Å². The van der Waals surface area contributed by atoms with Gasteiger partial charge in [-0.2, -0.15) is 0 Å². The molecule has 0 aliphatic carbocycles. The van der Waals surface area contributed by atoms with Gasteiger partial charge in [-0.25, -0.2) is 0 Å². The van der Waals surface area contributed by atoms with Gasteiger partial charge in [0, 0.05) is 11.8 Å². The number of rotatable bonds is 4. The smallest absolute Gasteiger partial charge is 0.137 e. The summed E-state index contributed by atoms with van der Waals surface area (Å²) in [6, 6.07) is 7.78. The van der Waals surface area contributed by atoms with E-state index in [0.29, 0.717) is 12.4 Å². The Kier molecular flexibility index (Phi) is 4.17. The van der Waals surface area contributed by atoms with Crippen LogP contribution in [0.3, 0.4) is 0 Å². The Balaban J connectivity index is 2.35. The van der Waals surface area contributed by atoms with Crippen LogP contribution in [0.2, 0.25) is 0 Å². The number of hydrogen-bond donors (Lipinski definition) is 1. The van der Waals surface area contributed by atoms with Gasteiger partial charge in [-0.05, 0) is 43.5 Å². The molecule has 0 aliphatic heterocycles. The Hall–Kier alpha value is -1.87. The van der Waals surface area contributed by atoms with Crippen molar-refractivity contribution in [2.75, 3.05) is 6.61 Å². The van der Waals surface area contributed by atoms with Crippen LogP contribution in [-0.2, 0) is 0 Å². The van der Waals surface area contributed by atoms with Crippen LogP contribution in [0.25, 0.3) is 0 Å². The van der Waals surface area contributed by atoms with E-state index in [0.717, 1.165) is 16.7 Å². The average molecular weight is 257 g/mol. The summed E-state index contributed by atoms with van der Waals surface area (Å²) in [5, 5.41) is 10.5. The molecule has 3 heteroatoms. The molecule has 0 aliphatic rings. The number of nitrogens with zero attached hydrogens (tertiary/aromatic N) is 1. The molecule has 1 N–H and O–H groups in total. The van der Waals surface area contributed by atoms with E-state index in [9.17, 15) is 5.11 Å². The molecule has 0 saturated heterocycles. The summed E-state index contributed by atoms with van der Waals surface area (Å²) in [6.45, 7) is 6.58. The number of hydrogen-bond acceptors (Lipinski definition) is 3. The zero-order chi connectivity index (χ0) is 13.8. The molecule has 2 rings (SSSR count). The molecule has 0 bridgehead atoms. The lowest BCUT2D eigenvalue weighted by atomic mass is 9.95. The second kappa shape index (κ2) is 5.85. The highest BCUT2D eigenvalue weighted by Gasteiger charge is 2.14. The average Bonchev–Trinajstić information content (AvgIpc) is 2.42. The van der Waals surface area contributed by atoms with Gasteiger partial charge < -0.3 is 9.84 Å². The van der Waals surface area contributed by atoms with Crippen LogP contribution in [0, 0.1) is 13.8 Å². The Morgan fingerprint density at radius 3 is 2.79 bits per heavy atom. The zero-order valence-corrected chi connectivity index (χ0v) is 11.6. The topological polar surface area (TPSA) is 42.4 Å². The second-order valence-corrected chi connectivity index (χ2v) is 4.58. The maximum Gasteiger partial charge on any atom is 0.137 e. The molecule has 1 aromatic carbocycles. The molecule has 2 aromatic rings. The second-order valence-electron chi connectivity index (χ2n) is 4.58. The number of aryl methyl sites for hydroxylation is 1. The third kappa shape index (κ3) is 2.93. The van der Waals surface area contributed by atoms with Crippen molar-refractivity contribution in [3.8, 4) is 5.75 Å². The van der Waals surface area contributed by atoms with Crippen LogP contribution >= 0.6 is 0 Å². The fourth-order valence-electron chi connectivity index (χ4n) is 2.08. The van der Waals surface area contributed by atoms with Crippen LogP contribution in [0.5, 0.6) is 5.75 Å². The number of aliphatic hydroxyl groups is 1. The maximum atomic E-state index is 10.5. The third-order valence-electron chi connectivity index (χ3n) is 3.30. The lowest BCUT2D eigenvalue weighted by Crippen LogP contribution is -2.04. The summed E-state index contributed by atoms with van der Waals surface area (Å²) in [7, 11) is 0. The van der Waals surface area contributed by atoms with E-state index in [4.69, 9.17) is 4.74 Å². The molecule has 0 saturated carbocycles. The van der Waals surface area contributed by atoms with Crippen molar-refractivity contribution in [1.82, 2.24) is 4.98 Å². The first-order chi connectivity index (χ1) is 9.13. The maximum absolute atomic E-state index is 10.5. The quantitative estimate of drug-likeness (QED) is 0.914. The predicted molar refractivity (Wildman–Crippen MR) is 75.4 cm³/mol. The van der Waals surface area contributed by atoms with Crippen molar-refractivity contribution >= 4 is 0 Å². The SMILES string of the molecule is CCOc1cncc(C(O)c2cccc(C)c2C)c1. The van der Waals surface area contributed by atoms with Gasteiger partial charge in [0.1, 0.15) is 11.9 Å². The lowest BCUT2D eigenvalue weighted by molar-refractivity contribution is 0.218. The normalized spacial score (nSPS) is 12.2. The van der Waals surface area contributed by atoms with E-state index in [2.05, 4.69) is 4.98 Å². The summed E-state index contributed by atoms with van der Waals surface area (Å²) in [5.41, 5.74) is 3.94. The first-order valence-electron chi connectivity index (χ1n) is 6.45. The number of ether oxygens (including phenoxy) is 1. The van der Waals surface area contributed by atoms with Gasteiger partial charge in [-0.15, -0.1) is 0 Å². The van der Waals surface area contributed by atoms with Crippen LogP contribution < -0.4 is 4.74 Å². The van der Waals surface area contributed by atoms with Crippen molar-refractivity contribution in [3.63, 3.8) is 0 Å². The molecule has 0 radical (unpaired) electrons. The summed E-state index contributed by atoms with van der Waals surface area (Å²) in [4.78, 5) is 4.12. The molecule has 1 unspecified atom stereocenters. The van der Waals surface area contributed by atoms with E-state index in [1.807, 2.05) is 45.0 Å². The molecule has 1 aromatic heterocycles. The van der Waals surface area contributed by atoms with Crippen molar-refractivity contribution in [3.05, 3.63) is 58.9 Å². The van der Waals surface area contributed by atoms with Crippen LogP contribution in [0.4, 0.5) is 0 Å². The molecule has 0 spiro atoms. The van der Waals surface area contributed by atoms with Gasteiger partial charge in [0.25, 0.3) is 0 Å². The van der Waals surface area contributed by atoms with Gasteiger partial charge in [0.05, 0.1) is 12.8 Å². The monoisotopic (exact) mass is 257 g/mol. The van der Waals surface area contributed by atoms with Crippen LogP contribution in [-0.4, -0.2) is 16.7 Å². The summed E-state index contributed by atoms with van der Waals surface area (Å²) >= 11 is 0. The van der Waals surface area contributed by atoms with Crippen molar-refractivity contribution in [1.29, 1.82) is 0 Å². The largest absolute Gasteiger partial charge is 0.492 e. The fourth-order valence-corrected chi connectivity index (χ4v) is 2.08. The minimum absolute atomic E-state index is 0.588. The molecule has 0 amide bonds. The van der Waals surface area contributed by atoms with E-state index in [1.54, 1.807) is 12.4 Å². The molecule has 1 heterocycles. The highest BCUT2D eigenvalue weighted by molar-refractivity contribution is 5.40. The van der Waals surface area contributed by atoms with Gasteiger partial charge >= 0.3 is 0 Å². The summed E-state index contributed by atoms with van der Waals surface area (Å²) < 4.78 is 5.41. The molecule has 100 valence electrons. The molecule has 3 nitrogen and oxygen atoms in total. The lowest BCUT2D eigenvalue weighted by Gasteiger charge is -2.16. The predicted octanol–water partition coefficient (Wildman–Crippen LogP) is 3.18. The molecule has 19 heavy (non-hydrogen) atoms. The van der Waals surface area contributed by atoms with Gasteiger partial charge in [0.15, 0.2) is 0 Å². The van der Waals surface area contributed by atoms with Gasteiger partial charge in [0.2, 0.25) is 0 Å². The minimum atomic E-state index is -0.673. The number of aromatic nitrogens is 1. The third-order valence-corrected chi connectivity index (χ3v) is 3.30. The van der Waals surface area contributed by atoms with E-state index < -0.39 is 6.10 Å². The molecular weight excluding hydrogens is 238 g/mol. The van der Waals surface area contributed by atoms with E-state index in [1.165, 1.54) is 5.56 Å². The Morgan fingerprint density at radius 1 is 1.26 bits per heavy atom. The number of pyridine rings is 1. The fraction of sp³-hybridized carbons (Fsp3) is 0.312. The van der Waals surface area contributed by atoms with E-state index in [-0.39, 0.29) is 0 Å². The Labute approximate surface area is 113 Å². The van der Waals surface area contributed by atoms with Gasteiger partial charge in [-0.1, -0.05) is 18.2 Å². The molecular formula is C16H19NO2. The first-order valence-corrected chi connectivity index (χ1v) is 6.45. The first kappa shape index (κ1) is 13.6. The van der Waals surface area contributed by atoms with Crippen LogP contribution in [0.1, 0.15) is 35.3 Å². The highest BCUT2D eigenvalue weighted by Crippen LogP contribution is 2.27.